The van der Waals surface area contributed by atoms with Gasteiger partial charge in [-0.3, -0.25) is 0 Å². The quantitative estimate of drug-likeness (QED) is 0.851. The van der Waals surface area contributed by atoms with Gasteiger partial charge < -0.3 is 14.9 Å². The molecule has 1 heterocycles. The minimum Gasteiger partial charge on any atom is -0.480 e. The Hall–Kier alpha value is -0.910. The second kappa shape index (κ2) is 6.31. The fourth-order valence-corrected chi connectivity index (χ4v) is 3.21. The number of carbonyl (C=O) groups excluding carboxylic acids is 1. The highest BCUT2D eigenvalue weighted by atomic mass is 32.2. The summed E-state index contributed by atoms with van der Waals surface area (Å²) in [6.07, 6.45) is 0.918. The third-order valence-corrected chi connectivity index (χ3v) is 4.20. The lowest BCUT2D eigenvalue weighted by atomic mass is 10.0. The highest BCUT2D eigenvalue weighted by Gasteiger charge is 2.36. The number of nitrogens with zero attached hydrogens (tertiary/aromatic N) is 2. The van der Waals surface area contributed by atoms with E-state index in [0.717, 1.165) is 6.42 Å². The van der Waals surface area contributed by atoms with Gasteiger partial charge in [0.1, 0.15) is 6.04 Å². The molecule has 5 nitrogen and oxygen atoms in total. The molecule has 0 aromatic rings. The van der Waals surface area contributed by atoms with Gasteiger partial charge in [-0.05, 0) is 19.3 Å². The predicted molar refractivity (Wildman–Crippen MR) is 72.7 cm³/mol. The molecule has 1 fully saturated rings. The monoisotopic (exact) mass is 274 g/mol. The van der Waals surface area contributed by atoms with Gasteiger partial charge in [-0.15, -0.1) is 11.8 Å². The van der Waals surface area contributed by atoms with Gasteiger partial charge in [-0.1, -0.05) is 13.8 Å². The number of rotatable bonds is 4. The first-order valence-corrected chi connectivity index (χ1v) is 7.34. The molecule has 0 aromatic carbocycles. The molecule has 0 saturated carbocycles. The molecule has 18 heavy (non-hydrogen) atoms. The van der Waals surface area contributed by atoms with E-state index < -0.39 is 12.0 Å². The summed E-state index contributed by atoms with van der Waals surface area (Å²) in [5.41, 5.74) is 0. The third-order valence-electron chi connectivity index (χ3n) is 3.19. The normalized spacial score (nSPS) is 21.2. The summed E-state index contributed by atoms with van der Waals surface area (Å²) in [5, 5.41) is 9.07. The molecule has 1 N–H and O–H groups in total. The van der Waals surface area contributed by atoms with Crippen molar-refractivity contribution >= 4 is 23.8 Å². The molecule has 1 rings (SSSR count). The number of carboxylic acids is 1. The van der Waals surface area contributed by atoms with Crippen molar-refractivity contribution in [2.45, 2.75) is 39.3 Å². The molecular formula is C12H22N2O3S. The molecule has 6 heteroatoms. The summed E-state index contributed by atoms with van der Waals surface area (Å²) < 4.78 is 0. The van der Waals surface area contributed by atoms with Crippen molar-refractivity contribution in [3.8, 4) is 0 Å². The van der Waals surface area contributed by atoms with E-state index >= 15 is 0 Å². The molecule has 0 aliphatic carbocycles. The zero-order chi connectivity index (χ0) is 13.9. The van der Waals surface area contributed by atoms with Crippen molar-refractivity contribution in [1.82, 2.24) is 9.80 Å². The van der Waals surface area contributed by atoms with Crippen LogP contribution < -0.4 is 0 Å². The van der Waals surface area contributed by atoms with Gasteiger partial charge in [0.05, 0.1) is 5.88 Å². The standard InChI is InChI=1S/C12H22N2O3S/c1-8(2)5-9(3)13(4)12(17)14-7-18-6-10(14)11(15)16/h8-10H,5-7H2,1-4H3,(H,15,16)/t9?,10-/m0/s1. The van der Waals surface area contributed by atoms with Gasteiger partial charge in [0.15, 0.2) is 0 Å². The van der Waals surface area contributed by atoms with Crippen LogP contribution in [-0.2, 0) is 4.79 Å². The number of carbonyl (C=O) groups is 2. The summed E-state index contributed by atoms with van der Waals surface area (Å²) in [5.74, 6) is 0.541. The van der Waals surface area contributed by atoms with E-state index in [1.54, 1.807) is 11.9 Å². The molecule has 2 amide bonds. The van der Waals surface area contributed by atoms with Gasteiger partial charge in [0.2, 0.25) is 0 Å². The average Bonchev–Trinajstić information content (AvgIpc) is 2.74. The number of thioether (sulfide) groups is 1. The van der Waals surface area contributed by atoms with Gasteiger partial charge in [0, 0.05) is 18.8 Å². The van der Waals surface area contributed by atoms with E-state index in [1.165, 1.54) is 16.7 Å². The van der Waals surface area contributed by atoms with Gasteiger partial charge in [-0.25, -0.2) is 9.59 Å². The lowest BCUT2D eigenvalue weighted by molar-refractivity contribution is -0.141. The number of amides is 2. The molecular weight excluding hydrogens is 252 g/mol. The second-order valence-corrected chi connectivity index (χ2v) is 6.20. The van der Waals surface area contributed by atoms with Crippen molar-refractivity contribution in [3.63, 3.8) is 0 Å². The maximum absolute atomic E-state index is 12.3. The minimum atomic E-state index is -0.918. The van der Waals surface area contributed by atoms with Crippen LogP contribution in [0.2, 0.25) is 0 Å². The molecule has 0 aromatic heterocycles. The Morgan fingerprint density at radius 2 is 2.06 bits per heavy atom. The average molecular weight is 274 g/mol. The van der Waals surface area contributed by atoms with Crippen LogP contribution in [0.5, 0.6) is 0 Å². The Bertz CT molecular complexity index is 322. The van der Waals surface area contributed by atoms with Gasteiger partial charge in [-0.2, -0.15) is 0 Å². The maximum Gasteiger partial charge on any atom is 0.327 e. The largest absolute Gasteiger partial charge is 0.480 e. The molecule has 1 aliphatic rings. The highest BCUT2D eigenvalue weighted by molar-refractivity contribution is 7.99. The van der Waals surface area contributed by atoms with Crippen molar-refractivity contribution in [2.24, 2.45) is 5.92 Å². The third kappa shape index (κ3) is 3.54. The molecule has 1 saturated heterocycles. The van der Waals surface area contributed by atoms with Crippen LogP contribution in [0.15, 0.2) is 0 Å². The Labute approximate surface area is 113 Å². The molecule has 0 radical (unpaired) electrons. The molecule has 1 aliphatic heterocycles. The smallest absolute Gasteiger partial charge is 0.327 e. The van der Waals surface area contributed by atoms with E-state index in [4.69, 9.17) is 5.11 Å². The van der Waals surface area contributed by atoms with E-state index in [9.17, 15) is 9.59 Å². The minimum absolute atomic E-state index is 0.123. The zero-order valence-electron chi connectivity index (χ0n) is 11.4. The van der Waals surface area contributed by atoms with Crippen molar-refractivity contribution in [1.29, 1.82) is 0 Å². The summed E-state index contributed by atoms with van der Waals surface area (Å²) in [4.78, 5) is 26.4. The van der Waals surface area contributed by atoms with E-state index in [-0.39, 0.29) is 12.1 Å². The van der Waals surface area contributed by atoms with E-state index in [1.807, 2.05) is 6.92 Å². The van der Waals surface area contributed by atoms with Crippen LogP contribution in [-0.4, -0.2) is 57.7 Å². The summed E-state index contributed by atoms with van der Waals surface area (Å²) in [6.45, 7) is 6.22. The van der Waals surface area contributed by atoms with Crippen molar-refractivity contribution < 1.29 is 14.7 Å². The first kappa shape index (κ1) is 15.1. The van der Waals surface area contributed by atoms with Crippen molar-refractivity contribution in [3.05, 3.63) is 0 Å². The van der Waals surface area contributed by atoms with Gasteiger partial charge >= 0.3 is 12.0 Å². The topological polar surface area (TPSA) is 60.9 Å². The van der Waals surface area contributed by atoms with Crippen LogP contribution in [0.3, 0.4) is 0 Å². The first-order chi connectivity index (χ1) is 8.34. The van der Waals surface area contributed by atoms with Crippen LogP contribution in [0, 0.1) is 5.92 Å². The lowest BCUT2D eigenvalue weighted by Gasteiger charge is -2.31. The van der Waals surface area contributed by atoms with Crippen LogP contribution >= 0.6 is 11.8 Å². The van der Waals surface area contributed by atoms with Crippen LogP contribution in [0.1, 0.15) is 27.2 Å². The highest BCUT2D eigenvalue weighted by Crippen LogP contribution is 2.23. The number of urea groups is 1. The Kier molecular flexibility index (Phi) is 5.31. The van der Waals surface area contributed by atoms with Crippen LogP contribution in [0.4, 0.5) is 4.79 Å². The summed E-state index contributed by atoms with van der Waals surface area (Å²) in [6, 6.07) is -0.741. The molecule has 0 bridgehead atoms. The second-order valence-electron chi connectivity index (χ2n) is 5.20. The van der Waals surface area contributed by atoms with E-state index in [0.29, 0.717) is 17.5 Å². The SMILES string of the molecule is CC(C)CC(C)N(C)C(=O)N1CSC[C@H]1C(=O)O. The van der Waals surface area contributed by atoms with E-state index in [2.05, 4.69) is 13.8 Å². The molecule has 0 spiro atoms. The number of hydrogen-bond acceptors (Lipinski definition) is 3. The maximum atomic E-state index is 12.3. The number of aliphatic carboxylic acids is 1. The van der Waals surface area contributed by atoms with Crippen molar-refractivity contribution in [2.75, 3.05) is 18.7 Å². The first-order valence-electron chi connectivity index (χ1n) is 6.18. The fourth-order valence-electron chi connectivity index (χ4n) is 2.07. The van der Waals surface area contributed by atoms with Gasteiger partial charge in [0.25, 0.3) is 0 Å². The number of hydrogen-bond donors (Lipinski definition) is 1. The Morgan fingerprint density at radius 3 is 2.56 bits per heavy atom. The zero-order valence-corrected chi connectivity index (χ0v) is 12.2. The number of carboxylic acid groups (broad SMARTS) is 1. The predicted octanol–water partition coefficient (Wildman–Crippen LogP) is 1.93. The molecule has 2 atom stereocenters. The summed E-state index contributed by atoms with van der Waals surface area (Å²) >= 11 is 1.49. The Balaban J connectivity index is 2.65. The fraction of sp³-hybridized carbons (Fsp3) is 0.833. The molecule has 1 unspecified atom stereocenters. The Morgan fingerprint density at radius 1 is 1.44 bits per heavy atom. The van der Waals surface area contributed by atoms with Crippen LogP contribution in [0.25, 0.3) is 0 Å². The molecule has 104 valence electrons. The lowest BCUT2D eigenvalue weighted by Crippen LogP contribution is -2.50. The summed E-state index contributed by atoms with van der Waals surface area (Å²) in [7, 11) is 1.75.